The fourth-order valence-corrected chi connectivity index (χ4v) is 7.62. The Balaban J connectivity index is 1.21. The molecule has 0 bridgehead atoms. The lowest BCUT2D eigenvalue weighted by atomic mass is 9.84. The van der Waals surface area contributed by atoms with Gasteiger partial charge in [0.1, 0.15) is 24.0 Å². The van der Waals surface area contributed by atoms with Crippen LogP contribution in [0.1, 0.15) is 79.0 Å². The largest absolute Gasteiger partial charge is 0.457 e. The number of fused-ring (bicyclic) bond motifs is 4. The molecule has 1 aliphatic heterocycles. The highest BCUT2D eigenvalue weighted by molar-refractivity contribution is 6.11. The van der Waals surface area contributed by atoms with Crippen molar-refractivity contribution in [2.75, 3.05) is 16.5 Å². The normalized spacial score (nSPS) is 13.6. The highest BCUT2D eigenvalue weighted by Crippen LogP contribution is 2.46. The first-order valence-corrected chi connectivity index (χ1v) is 18.7. The van der Waals surface area contributed by atoms with Crippen LogP contribution in [-0.2, 0) is 16.2 Å². The molecule has 5 heteroatoms. The van der Waals surface area contributed by atoms with Crippen LogP contribution in [0.5, 0.6) is 11.5 Å². The van der Waals surface area contributed by atoms with E-state index in [1.165, 1.54) is 44.5 Å². The monoisotopic (exact) mass is 698 g/mol. The molecule has 2 aromatic heterocycles. The number of ether oxygens (including phenoxy) is 1. The molecule has 1 aliphatic rings. The van der Waals surface area contributed by atoms with Gasteiger partial charge in [-0.1, -0.05) is 111 Å². The lowest BCUT2D eigenvalue weighted by molar-refractivity contribution is 0.480. The molecule has 53 heavy (non-hydrogen) atoms. The fraction of sp³-hybridized carbons (Fsp3) is 0.271. The van der Waals surface area contributed by atoms with Crippen molar-refractivity contribution >= 4 is 44.6 Å². The van der Waals surface area contributed by atoms with Crippen LogP contribution in [-0.4, -0.2) is 16.2 Å². The van der Waals surface area contributed by atoms with Crippen molar-refractivity contribution in [1.29, 1.82) is 0 Å². The highest BCUT2D eigenvalue weighted by atomic mass is 16.5. The van der Waals surface area contributed by atoms with Crippen LogP contribution in [0.25, 0.3) is 27.6 Å². The first-order chi connectivity index (χ1) is 25.2. The number of nitrogens with zero attached hydrogens (tertiary/aromatic N) is 4. The van der Waals surface area contributed by atoms with Crippen molar-refractivity contribution in [3.8, 4) is 17.3 Å². The number of pyridine rings is 1. The molecule has 0 atom stereocenters. The van der Waals surface area contributed by atoms with Crippen LogP contribution < -0.4 is 14.5 Å². The molecule has 7 aromatic rings. The molecule has 0 radical (unpaired) electrons. The van der Waals surface area contributed by atoms with E-state index in [0.717, 1.165) is 34.0 Å². The van der Waals surface area contributed by atoms with Gasteiger partial charge >= 0.3 is 0 Å². The molecule has 8 rings (SSSR count). The van der Waals surface area contributed by atoms with E-state index in [9.17, 15) is 0 Å². The van der Waals surface area contributed by atoms with Crippen LogP contribution in [0, 0.1) is 0 Å². The number of para-hydroxylation sites is 3. The summed E-state index contributed by atoms with van der Waals surface area (Å²) in [5.41, 5.74) is 10.6. The van der Waals surface area contributed by atoms with E-state index in [2.05, 4.69) is 198 Å². The summed E-state index contributed by atoms with van der Waals surface area (Å²) >= 11 is 0. The summed E-state index contributed by atoms with van der Waals surface area (Å²) < 4.78 is 9.17. The minimum absolute atomic E-state index is 0.00431. The summed E-state index contributed by atoms with van der Waals surface area (Å²) in [5.74, 6) is 2.51. The Hall–Kier alpha value is -5.55. The lowest BCUT2D eigenvalue weighted by Crippen LogP contribution is -2.24. The smallest absolute Gasteiger partial charge is 0.137 e. The van der Waals surface area contributed by atoms with Crippen molar-refractivity contribution in [2.45, 2.75) is 78.6 Å². The molecule has 0 saturated carbocycles. The maximum absolute atomic E-state index is 6.87. The second-order valence-electron chi connectivity index (χ2n) is 17.5. The van der Waals surface area contributed by atoms with Gasteiger partial charge in [-0.25, -0.2) is 4.98 Å². The molecule has 0 unspecified atom stereocenters. The summed E-state index contributed by atoms with van der Waals surface area (Å²) in [5, 5.41) is 2.45. The van der Waals surface area contributed by atoms with Crippen molar-refractivity contribution in [2.24, 2.45) is 0 Å². The molecule has 5 aromatic carbocycles. The Morgan fingerprint density at radius 3 is 1.83 bits per heavy atom. The summed E-state index contributed by atoms with van der Waals surface area (Å²) in [6.07, 6.45) is 1.94. The van der Waals surface area contributed by atoms with Crippen molar-refractivity contribution in [1.82, 2.24) is 9.55 Å². The number of aromatic nitrogens is 2. The molecule has 0 N–H and O–H groups in total. The fourth-order valence-electron chi connectivity index (χ4n) is 7.62. The maximum atomic E-state index is 6.87. The zero-order valence-electron chi connectivity index (χ0n) is 32.5. The predicted octanol–water partition coefficient (Wildman–Crippen LogP) is 13.1. The topological polar surface area (TPSA) is 33.5 Å². The zero-order valence-corrected chi connectivity index (χ0v) is 32.5. The first kappa shape index (κ1) is 34.5. The standard InChI is InChI=1S/C48H50N4O/c1-46(2,3)32-16-14-17-34(26-32)50-31-51(42-23-13-12-22-41(42)50)35-18-15-19-36(28-35)53-37-29-39(48(7,8)9)45-38-20-10-11-21-40(38)52(43(45)30-37)44-27-33(24-25-49-44)47(4,5)6/h10-30H,31H2,1-9H3. The van der Waals surface area contributed by atoms with E-state index >= 15 is 0 Å². The number of hydrogen-bond donors (Lipinski definition) is 0. The van der Waals surface area contributed by atoms with Gasteiger partial charge in [0.15, 0.2) is 0 Å². The molecule has 5 nitrogen and oxygen atoms in total. The second-order valence-corrected chi connectivity index (χ2v) is 17.5. The molecular formula is C48H50N4O. The van der Waals surface area contributed by atoms with Gasteiger partial charge in [0.25, 0.3) is 0 Å². The van der Waals surface area contributed by atoms with Crippen molar-refractivity contribution < 1.29 is 4.74 Å². The van der Waals surface area contributed by atoms with Gasteiger partial charge in [0, 0.05) is 40.5 Å². The number of benzene rings is 5. The van der Waals surface area contributed by atoms with E-state index in [1.54, 1.807) is 0 Å². The number of rotatable bonds is 5. The van der Waals surface area contributed by atoms with Crippen LogP contribution in [0.2, 0.25) is 0 Å². The lowest BCUT2D eigenvalue weighted by Gasteiger charge is -2.25. The predicted molar refractivity (Wildman–Crippen MR) is 223 cm³/mol. The molecule has 0 amide bonds. The van der Waals surface area contributed by atoms with Crippen LogP contribution in [0.4, 0.5) is 22.7 Å². The molecule has 0 saturated heterocycles. The number of hydrogen-bond acceptors (Lipinski definition) is 4. The van der Waals surface area contributed by atoms with Gasteiger partial charge in [-0.3, -0.25) is 4.57 Å². The second kappa shape index (κ2) is 12.5. The zero-order chi connectivity index (χ0) is 37.3. The number of anilines is 4. The van der Waals surface area contributed by atoms with Crippen molar-refractivity contribution in [3.05, 3.63) is 144 Å². The summed E-state index contributed by atoms with van der Waals surface area (Å²) in [7, 11) is 0. The Morgan fingerprint density at radius 1 is 0.528 bits per heavy atom. The van der Waals surface area contributed by atoms with Gasteiger partial charge < -0.3 is 14.5 Å². The third kappa shape index (κ3) is 6.33. The minimum Gasteiger partial charge on any atom is -0.457 e. The quantitative estimate of drug-likeness (QED) is 0.179. The van der Waals surface area contributed by atoms with E-state index in [0.29, 0.717) is 6.67 Å². The Morgan fingerprint density at radius 2 is 1.15 bits per heavy atom. The molecule has 0 aliphatic carbocycles. The average Bonchev–Trinajstić information content (AvgIpc) is 3.67. The average molecular weight is 699 g/mol. The van der Waals surface area contributed by atoms with Crippen LogP contribution >= 0.6 is 0 Å². The molecule has 0 fully saturated rings. The first-order valence-electron chi connectivity index (χ1n) is 18.7. The summed E-state index contributed by atoms with van der Waals surface area (Å²) in [6.45, 7) is 21.1. The van der Waals surface area contributed by atoms with E-state index in [1.807, 2.05) is 6.20 Å². The van der Waals surface area contributed by atoms with Gasteiger partial charge in [0.2, 0.25) is 0 Å². The van der Waals surface area contributed by atoms with Crippen LogP contribution in [0.3, 0.4) is 0 Å². The summed E-state index contributed by atoms with van der Waals surface area (Å²) in [6, 6.07) is 43.6. The van der Waals surface area contributed by atoms with E-state index in [4.69, 9.17) is 9.72 Å². The molecule has 268 valence electrons. The molecule has 3 heterocycles. The van der Waals surface area contributed by atoms with Gasteiger partial charge in [0.05, 0.1) is 22.4 Å². The maximum Gasteiger partial charge on any atom is 0.137 e. The Bertz CT molecular complexity index is 2490. The van der Waals surface area contributed by atoms with E-state index in [-0.39, 0.29) is 16.2 Å². The van der Waals surface area contributed by atoms with Crippen LogP contribution in [0.15, 0.2) is 128 Å². The minimum atomic E-state index is -0.137. The van der Waals surface area contributed by atoms with Crippen molar-refractivity contribution in [3.63, 3.8) is 0 Å². The Labute approximate surface area is 314 Å². The SMILES string of the molecule is CC(C)(C)c1cccc(N2CN(c3cccc(Oc4cc(C(C)(C)C)c5c6ccccc6n(-c6cc(C(C)(C)C)ccn6)c5c4)c3)c3ccccc32)c1. The molecular weight excluding hydrogens is 649 g/mol. The van der Waals surface area contributed by atoms with E-state index < -0.39 is 0 Å². The third-order valence-electron chi connectivity index (χ3n) is 10.5. The van der Waals surface area contributed by atoms with Gasteiger partial charge in [-0.05, 0) is 93.6 Å². The van der Waals surface area contributed by atoms with Gasteiger partial charge in [-0.15, -0.1) is 0 Å². The third-order valence-corrected chi connectivity index (χ3v) is 10.5. The highest BCUT2D eigenvalue weighted by Gasteiger charge is 2.29. The molecule has 0 spiro atoms. The van der Waals surface area contributed by atoms with Gasteiger partial charge in [-0.2, -0.15) is 0 Å². The summed E-state index contributed by atoms with van der Waals surface area (Å²) in [4.78, 5) is 9.71. The Kier molecular flexibility index (Phi) is 8.17.